The third kappa shape index (κ3) is 4.20. The van der Waals surface area contributed by atoms with E-state index in [4.69, 9.17) is 11.0 Å². The topological polar surface area (TPSA) is 65.4 Å². The number of nitriles is 1. The summed E-state index contributed by atoms with van der Waals surface area (Å²) in [7, 11) is 1.89. The van der Waals surface area contributed by atoms with Gasteiger partial charge in [0.1, 0.15) is 0 Å². The van der Waals surface area contributed by atoms with Crippen molar-refractivity contribution in [2.45, 2.75) is 44.6 Å². The molecule has 0 amide bonds. The minimum absolute atomic E-state index is 0.406. The maximum atomic E-state index is 8.46. The molecule has 15 heavy (non-hydrogen) atoms. The van der Waals surface area contributed by atoms with Crippen LogP contribution in [0.4, 0.5) is 0 Å². The molecule has 0 radical (unpaired) electrons. The fraction of sp³-hybridized carbons (Fsp3) is 0.818. The van der Waals surface area contributed by atoms with E-state index in [0.29, 0.717) is 25.0 Å². The molecule has 0 unspecified atom stereocenters. The molecule has 2 N–H and O–H groups in total. The lowest BCUT2D eigenvalue weighted by molar-refractivity contribution is 0.431. The van der Waals surface area contributed by atoms with Crippen molar-refractivity contribution in [3.8, 4) is 6.07 Å². The first-order chi connectivity index (χ1) is 7.24. The van der Waals surface area contributed by atoms with Gasteiger partial charge < -0.3 is 10.6 Å². The Labute approximate surface area is 91.8 Å². The number of guanidine groups is 1. The van der Waals surface area contributed by atoms with Crippen LogP contribution in [0.1, 0.15) is 38.5 Å². The SMILES string of the molecule is CN(CCC#N)C(N)=NC1CCCCC1. The van der Waals surface area contributed by atoms with E-state index in [0.717, 1.165) is 12.8 Å². The summed E-state index contributed by atoms with van der Waals surface area (Å²) < 4.78 is 0. The van der Waals surface area contributed by atoms with Gasteiger partial charge in [0.25, 0.3) is 0 Å². The smallest absolute Gasteiger partial charge is 0.191 e. The van der Waals surface area contributed by atoms with Crippen LogP contribution >= 0.6 is 0 Å². The van der Waals surface area contributed by atoms with Crippen molar-refractivity contribution >= 4 is 5.96 Å². The highest BCUT2D eigenvalue weighted by atomic mass is 15.2. The van der Waals surface area contributed by atoms with Gasteiger partial charge in [-0.05, 0) is 12.8 Å². The maximum absolute atomic E-state index is 8.46. The Morgan fingerprint density at radius 3 is 2.73 bits per heavy atom. The molecule has 1 fully saturated rings. The first-order valence-electron chi connectivity index (χ1n) is 5.65. The highest BCUT2D eigenvalue weighted by Gasteiger charge is 2.13. The molecule has 0 heterocycles. The van der Waals surface area contributed by atoms with Crippen LogP contribution in [-0.4, -0.2) is 30.5 Å². The normalized spacial score (nSPS) is 18.5. The molecule has 1 aliphatic rings. The Bertz CT molecular complexity index is 248. The number of hydrogen-bond acceptors (Lipinski definition) is 2. The zero-order valence-electron chi connectivity index (χ0n) is 9.45. The van der Waals surface area contributed by atoms with Crippen LogP contribution in [0.2, 0.25) is 0 Å². The Kier molecular flexibility index (Phi) is 4.96. The van der Waals surface area contributed by atoms with Gasteiger partial charge in [-0.1, -0.05) is 19.3 Å². The average Bonchev–Trinajstić information content (AvgIpc) is 2.27. The summed E-state index contributed by atoms with van der Waals surface area (Å²) in [5, 5.41) is 8.46. The fourth-order valence-electron chi connectivity index (χ4n) is 1.83. The van der Waals surface area contributed by atoms with Crippen LogP contribution in [0.25, 0.3) is 0 Å². The van der Waals surface area contributed by atoms with Crippen molar-refractivity contribution in [1.82, 2.24) is 4.90 Å². The second-order valence-corrected chi connectivity index (χ2v) is 4.11. The molecule has 0 saturated heterocycles. The molecule has 0 aromatic rings. The number of aliphatic imine (C=N–C) groups is 1. The van der Waals surface area contributed by atoms with Crippen LogP contribution in [-0.2, 0) is 0 Å². The maximum Gasteiger partial charge on any atom is 0.191 e. The molecule has 0 spiro atoms. The van der Waals surface area contributed by atoms with Crippen LogP contribution in [0.15, 0.2) is 4.99 Å². The van der Waals surface area contributed by atoms with E-state index >= 15 is 0 Å². The molecule has 1 saturated carbocycles. The van der Waals surface area contributed by atoms with Gasteiger partial charge in [0, 0.05) is 13.6 Å². The monoisotopic (exact) mass is 208 g/mol. The largest absolute Gasteiger partial charge is 0.370 e. The lowest BCUT2D eigenvalue weighted by atomic mass is 9.96. The molecule has 0 aliphatic heterocycles. The second kappa shape index (κ2) is 6.28. The van der Waals surface area contributed by atoms with Crippen molar-refractivity contribution in [3.05, 3.63) is 0 Å². The number of rotatable bonds is 3. The summed E-state index contributed by atoms with van der Waals surface area (Å²) in [6, 6.07) is 2.51. The van der Waals surface area contributed by atoms with E-state index in [-0.39, 0.29) is 0 Å². The molecule has 4 heteroatoms. The lowest BCUT2D eigenvalue weighted by Crippen LogP contribution is -2.36. The van der Waals surface area contributed by atoms with Gasteiger partial charge in [-0.15, -0.1) is 0 Å². The van der Waals surface area contributed by atoms with E-state index in [1.54, 1.807) is 0 Å². The van der Waals surface area contributed by atoms with Crippen molar-refractivity contribution in [3.63, 3.8) is 0 Å². The van der Waals surface area contributed by atoms with Gasteiger partial charge >= 0.3 is 0 Å². The van der Waals surface area contributed by atoms with Gasteiger partial charge in [0.2, 0.25) is 0 Å². The zero-order chi connectivity index (χ0) is 11.1. The van der Waals surface area contributed by atoms with E-state index in [1.165, 1.54) is 19.3 Å². The summed E-state index contributed by atoms with van der Waals surface area (Å²) in [6.45, 7) is 0.665. The molecule has 0 aromatic carbocycles. The molecular formula is C11H20N4. The van der Waals surface area contributed by atoms with Gasteiger partial charge in [-0.3, -0.25) is 0 Å². The summed E-state index contributed by atoms with van der Waals surface area (Å²) in [4.78, 5) is 6.36. The molecule has 0 aromatic heterocycles. The zero-order valence-corrected chi connectivity index (χ0v) is 9.45. The van der Waals surface area contributed by atoms with Gasteiger partial charge in [0.15, 0.2) is 5.96 Å². The molecule has 4 nitrogen and oxygen atoms in total. The average molecular weight is 208 g/mol. The second-order valence-electron chi connectivity index (χ2n) is 4.11. The molecule has 0 atom stereocenters. The minimum atomic E-state index is 0.406. The van der Waals surface area contributed by atoms with Crippen molar-refractivity contribution in [2.24, 2.45) is 10.7 Å². The van der Waals surface area contributed by atoms with E-state index < -0.39 is 0 Å². The highest BCUT2D eigenvalue weighted by Crippen LogP contribution is 2.20. The predicted molar refractivity (Wildman–Crippen MR) is 61.4 cm³/mol. The van der Waals surface area contributed by atoms with Gasteiger partial charge in [-0.25, -0.2) is 4.99 Å². The number of nitrogens with zero attached hydrogens (tertiary/aromatic N) is 3. The van der Waals surface area contributed by atoms with Crippen molar-refractivity contribution in [1.29, 1.82) is 5.26 Å². The van der Waals surface area contributed by atoms with Gasteiger partial charge in [0.05, 0.1) is 18.5 Å². The molecule has 1 rings (SSSR count). The minimum Gasteiger partial charge on any atom is -0.370 e. The summed E-state index contributed by atoms with van der Waals surface area (Å²) in [5.74, 6) is 0.581. The summed E-state index contributed by atoms with van der Waals surface area (Å²) in [5.41, 5.74) is 5.86. The van der Waals surface area contributed by atoms with Crippen LogP contribution < -0.4 is 5.73 Å². The first-order valence-corrected chi connectivity index (χ1v) is 5.65. The Morgan fingerprint density at radius 2 is 2.13 bits per heavy atom. The standard InChI is InChI=1S/C11H20N4/c1-15(9-5-8-12)11(13)14-10-6-3-2-4-7-10/h10H,2-7,9H2,1H3,(H2,13,14). The predicted octanol–water partition coefficient (Wildman–Crippen LogP) is 1.48. The Hall–Kier alpha value is -1.24. The highest BCUT2D eigenvalue weighted by molar-refractivity contribution is 5.77. The van der Waals surface area contributed by atoms with Crippen LogP contribution in [0.3, 0.4) is 0 Å². The molecular weight excluding hydrogens is 188 g/mol. The Balaban J connectivity index is 2.39. The number of nitrogens with two attached hydrogens (primary N) is 1. The molecule has 84 valence electrons. The van der Waals surface area contributed by atoms with Crippen LogP contribution in [0.5, 0.6) is 0 Å². The van der Waals surface area contributed by atoms with E-state index in [9.17, 15) is 0 Å². The first kappa shape index (κ1) is 11.8. The quantitative estimate of drug-likeness (QED) is 0.564. The fourth-order valence-corrected chi connectivity index (χ4v) is 1.83. The third-order valence-corrected chi connectivity index (χ3v) is 2.84. The molecule has 1 aliphatic carbocycles. The summed E-state index contributed by atoms with van der Waals surface area (Å²) >= 11 is 0. The number of hydrogen-bond donors (Lipinski definition) is 1. The van der Waals surface area contributed by atoms with Crippen molar-refractivity contribution in [2.75, 3.05) is 13.6 Å². The lowest BCUT2D eigenvalue weighted by Gasteiger charge is -2.22. The Morgan fingerprint density at radius 1 is 1.47 bits per heavy atom. The van der Waals surface area contributed by atoms with E-state index in [1.807, 2.05) is 11.9 Å². The third-order valence-electron chi connectivity index (χ3n) is 2.84. The van der Waals surface area contributed by atoms with Crippen molar-refractivity contribution < 1.29 is 0 Å². The van der Waals surface area contributed by atoms with Gasteiger partial charge in [-0.2, -0.15) is 5.26 Å². The molecule has 0 bridgehead atoms. The van der Waals surface area contributed by atoms with E-state index in [2.05, 4.69) is 11.1 Å². The summed E-state index contributed by atoms with van der Waals surface area (Å²) in [6.07, 6.45) is 6.68. The van der Waals surface area contributed by atoms with Crippen LogP contribution in [0, 0.1) is 11.3 Å².